The van der Waals surface area contributed by atoms with Gasteiger partial charge in [-0.2, -0.15) is 0 Å². The zero-order chi connectivity index (χ0) is 13.7. The van der Waals surface area contributed by atoms with Gasteiger partial charge in [0.15, 0.2) is 0 Å². The number of methoxy groups -OCH3 is 1. The van der Waals surface area contributed by atoms with Gasteiger partial charge in [0.2, 0.25) is 5.91 Å². The third kappa shape index (κ3) is 3.98. The fourth-order valence-corrected chi connectivity index (χ4v) is 2.11. The van der Waals surface area contributed by atoms with Gasteiger partial charge in [0.05, 0.1) is 7.11 Å². The molecule has 1 saturated heterocycles. The molecule has 0 aliphatic carbocycles. The van der Waals surface area contributed by atoms with E-state index in [2.05, 4.69) is 5.32 Å². The molecule has 5 nitrogen and oxygen atoms in total. The molecule has 0 aromatic heterocycles. The van der Waals surface area contributed by atoms with Crippen LogP contribution in [0.15, 0.2) is 0 Å². The van der Waals surface area contributed by atoms with Gasteiger partial charge in [-0.15, -0.1) is 0 Å². The molecule has 0 aromatic rings. The second-order valence-corrected chi connectivity index (χ2v) is 5.27. The van der Waals surface area contributed by atoms with Gasteiger partial charge < -0.3 is 14.8 Å². The van der Waals surface area contributed by atoms with Gasteiger partial charge in [-0.1, -0.05) is 20.8 Å². The minimum absolute atomic E-state index is 0.197. The molecule has 1 rings (SSSR count). The minimum Gasteiger partial charge on any atom is -0.467 e. The third-order valence-corrected chi connectivity index (χ3v) is 3.16. The molecule has 1 fully saturated rings. The molecule has 1 aliphatic heterocycles. The maximum absolute atomic E-state index is 12.0. The van der Waals surface area contributed by atoms with Crippen molar-refractivity contribution in [2.75, 3.05) is 13.7 Å². The first kappa shape index (κ1) is 15.0. The summed E-state index contributed by atoms with van der Waals surface area (Å²) in [6.07, 6.45) is 1.01. The monoisotopic (exact) mass is 257 g/mol. The second kappa shape index (κ2) is 6.73. The van der Waals surface area contributed by atoms with Crippen LogP contribution in [-0.2, 0) is 19.1 Å². The Kier molecular flexibility index (Phi) is 5.59. The van der Waals surface area contributed by atoms with E-state index < -0.39 is 18.1 Å². The molecule has 0 aromatic carbocycles. The number of hydrogen-bond donors (Lipinski definition) is 1. The number of esters is 1. The number of nitrogens with one attached hydrogen (secondary N) is 1. The van der Waals surface area contributed by atoms with Gasteiger partial charge in [0, 0.05) is 6.61 Å². The number of rotatable bonds is 5. The molecule has 18 heavy (non-hydrogen) atoms. The summed E-state index contributed by atoms with van der Waals surface area (Å²) in [6.45, 7) is 6.58. The standard InChI is InChI=1S/C13H23NO4/c1-8(2)7-10(13(16)17-4)14-12(15)11-9(3)5-6-18-11/h8-11H,5-7H2,1-4H3,(H,14,15). The van der Waals surface area contributed by atoms with Crippen molar-refractivity contribution >= 4 is 11.9 Å². The van der Waals surface area contributed by atoms with Gasteiger partial charge in [0.1, 0.15) is 12.1 Å². The van der Waals surface area contributed by atoms with Gasteiger partial charge in [-0.3, -0.25) is 4.79 Å². The fourth-order valence-electron chi connectivity index (χ4n) is 2.11. The van der Waals surface area contributed by atoms with E-state index in [1.807, 2.05) is 20.8 Å². The van der Waals surface area contributed by atoms with E-state index in [-0.39, 0.29) is 11.8 Å². The highest BCUT2D eigenvalue weighted by molar-refractivity contribution is 5.87. The van der Waals surface area contributed by atoms with E-state index in [1.165, 1.54) is 7.11 Å². The molecule has 1 amide bonds. The lowest BCUT2D eigenvalue weighted by molar-refractivity contribution is -0.147. The number of carbonyl (C=O) groups is 2. The van der Waals surface area contributed by atoms with Gasteiger partial charge in [0.25, 0.3) is 0 Å². The highest BCUT2D eigenvalue weighted by Crippen LogP contribution is 2.20. The number of carbonyl (C=O) groups excluding carboxylic acids is 2. The summed E-state index contributed by atoms with van der Waals surface area (Å²) < 4.78 is 10.1. The highest BCUT2D eigenvalue weighted by Gasteiger charge is 2.33. The Morgan fingerprint density at radius 3 is 2.56 bits per heavy atom. The molecular formula is C13H23NO4. The lowest BCUT2D eigenvalue weighted by atomic mass is 10.0. The van der Waals surface area contributed by atoms with Crippen LogP contribution >= 0.6 is 0 Å². The van der Waals surface area contributed by atoms with Crippen LogP contribution in [0.4, 0.5) is 0 Å². The minimum atomic E-state index is -0.584. The number of hydrogen-bond acceptors (Lipinski definition) is 4. The van der Waals surface area contributed by atoms with Crippen LogP contribution in [0.25, 0.3) is 0 Å². The predicted molar refractivity (Wildman–Crippen MR) is 66.9 cm³/mol. The Hall–Kier alpha value is -1.10. The summed E-state index contributed by atoms with van der Waals surface area (Å²) in [6, 6.07) is -0.584. The van der Waals surface area contributed by atoms with Crippen molar-refractivity contribution in [3.8, 4) is 0 Å². The molecule has 5 heteroatoms. The molecule has 3 atom stereocenters. The second-order valence-electron chi connectivity index (χ2n) is 5.27. The summed E-state index contributed by atoms with van der Waals surface area (Å²) in [4.78, 5) is 23.6. The average Bonchev–Trinajstić information content (AvgIpc) is 2.73. The van der Waals surface area contributed by atoms with Crippen LogP contribution in [-0.4, -0.2) is 37.7 Å². The Labute approximate surface area is 108 Å². The Bertz CT molecular complexity index is 303. The molecule has 1 heterocycles. The topological polar surface area (TPSA) is 64.6 Å². The van der Waals surface area contributed by atoms with Crippen LogP contribution < -0.4 is 5.32 Å². The average molecular weight is 257 g/mol. The van der Waals surface area contributed by atoms with E-state index in [9.17, 15) is 9.59 Å². The molecule has 1 aliphatic rings. The molecule has 3 unspecified atom stereocenters. The summed E-state index contributed by atoms with van der Waals surface area (Å²) >= 11 is 0. The third-order valence-electron chi connectivity index (χ3n) is 3.16. The lowest BCUT2D eigenvalue weighted by Gasteiger charge is -2.21. The molecule has 0 spiro atoms. The van der Waals surface area contributed by atoms with E-state index in [0.29, 0.717) is 18.9 Å². The molecule has 0 radical (unpaired) electrons. The van der Waals surface area contributed by atoms with Crippen LogP contribution in [0.5, 0.6) is 0 Å². The molecular weight excluding hydrogens is 234 g/mol. The smallest absolute Gasteiger partial charge is 0.328 e. The van der Waals surface area contributed by atoms with Gasteiger partial charge >= 0.3 is 5.97 Å². The number of ether oxygens (including phenoxy) is 2. The van der Waals surface area contributed by atoms with Crippen molar-refractivity contribution in [1.82, 2.24) is 5.32 Å². The van der Waals surface area contributed by atoms with Crippen LogP contribution in [0, 0.1) is 11.8 Å². The quantitative estimate of drug-likeness (QED) is 0.749. The normalized spacial score (nSPS) is 24.9. The van der Waals surface area contributed by atoms with Crippen molar-refractivity contribution < 1.29 is 19.1 Å². The first-order valence-corrected chi connectivity index (χ1v) is 6.45. The molecule has 0 saturated carbocycles. The van der Waals surface area contributed by atoms with E-state index in [1.54, 1.807) is 0 Å². The van der Waals surface area contributed by atoms with Gasteiger partial charge in [-0.05, 0) is 24.7 Å². The Morgan fingerprint density at radius 1 is 1.44 bits per heavy atom. The maximum Gasteiger partial charge on any atom is 0.328 e. The Morgan fingerprint density at radius 2 is 2.11 bits per heavy atom. The van der Waals surface area contributed by atoms with Crippen molar-refractivity contribution in [2.24, 2.45) is 11.8 Å². The van der Waals surface area contributed by atoms with E-state index in [0.717, 1.165) is 6.42 Å². The van der Waals surface area contributed by atoms with Crippen LogP contribution in [0.1, 0.15) is 33.6 Å². The first-order valence-electron chi connectivity index (χ1n) is 6.45. The lowest BCUT2D eigenvalue weighted by Crippen LogP contribution is -2.47. The van der Waals surface area contributed by atoms with E-state index in [4.69, 9.17) is 9.47 Å². The van der Waals surface area contributed by atoms with Crippen molar-refractivity contribution in [3.05, 3.63) is 0 Å². The SMILES string of the molecule is COC(=O)C(CC(C)C)NC(=O)C1OCCC1C. The van der Waals surface area contributed by atoms with Crippen LogP contribution in [0.2, 0.25) is 0 Å². The number of amides is 1. The molecule has 0 bridgehead atoms. The highest BCUT2D eigenvalue weighted by atomic mass is 16.5. The van der Waals surface area contributed by atoms with Crippen molar-refractivity contribution in [3.63, 3.8) is 0 Å². The fraction of sp³-hybridized carbons (Fsp3) is 0.846. The first-order chi connectivity index (χ1) is 8.45. The predicted octanol–water partition coefficient (Wildman–Crippen LogP) is 1.12. The maximum atomic E-state index is 12.0. The molecule has 104 valence electrons. The summed E-state index contributed by atoms with van der Waals surface area (Å²) in [5, 5.41) is 2.73. The van der Waals surface area contributed by atoms with Gasteiger partial charge in [-0.25, -0.2) is 4.79 Å². The summed E-state index contributed by atoms with van der Waals surface area (Å²) in [5.74, 6) is -0.114. The van der Waals surface area contributed by atoms with Crippen LogP contribution in [0.3, 0.4) is 0 Å². The van der Waals surface area contributed by atoms with Crippen molar-refractivity contribution in [2.45, 2.75) is 45.8 Å². The molecule has 1 N–H and O–H groups in total. The largest absolute Gasteiger partial charge is 0.467 e. The zero-order valence-corrected chi connectivity index (χ0v) is 11.6. The summed E-state index contributed by atoms with van der Waals surface area (Å²) in [5.41, 5.74) is 0. The zero-order valence-electron chi connectivity index (χ0n) is 11.6. The van der Waals surface area contributed by atoms with Crippen molar-refractivity contribution in [1.29, 1.82) is 0 Å². The van der Waals surface area contributed by atoms with E-state index >= 15 is 0 Å². The summed E-state index contributed by atoms with van der Waals surface area (Å²) in [7, 11) is 1.33. The Balaban J connectivity index is 2.59.